The van der Waals surface area contributed by atoms with E-state index in [1.165, 1.54) is 0 Å². The smallest absolute Gasteiger partial charge is 0.310 e. The minimum atomic E-state index is -0.233. The summed E-state index contributed by atoms with van der Waals surface area (Å²) in [5.74, 6) is 2.23. The van der Waals surface area contributed by atoms with E-state index in [1.807, 2.05) is 30.3 Å². The van der Waals surface area contributed by atoms with E-state index in [1.54, 1.807) is 28.4 Å². The van der Waals surface area contributed by atoms with Crippen molar-refractivity contribution in [3.05, 3.63) is 47.0 Å². The molecule has 0 radical (unpaired) electrons. The van der Waals surface area contributed by atoms with Gasteiger partial charge in [0.25, 0.3) is 0 Å². The molecule has 6 heteroatoms. The molecule has 148 valence electrons. The van der Waals surface area contributed by atoms with Crippen LogP contribution >= 0.6 is 0 Å². The van der Waals surface area contributed by atoms with Crippen LogP contribution in [0.1, 0.15) is 22.6 Å². The van der Waals surface area contributed by atoms with Crippen LogP contribution < -0.4 is 18.9 Å². The van der Waals surface area contributed by atoms with E-state index in [0.29, 0.717) is 29.6 Å². The van der Waals surface area contributed by atoms with Gasteiger partial charge < -0.3 is 23.7 Å². The zero-order valence-corrected chi connectivity index (χ0v) is 16.5. The van der Waals surface area contributed by atoms with Crippen LogP contribution in [0.4, 0.5) is 0 Å². The van der Waals surface area contributed by atoms with E-state index in [-0.39, 0.29) is 23.7 Å². The molecule has 2 aromatic carbocycles. The lowest BCUT2D eigenvalue weighted by Crippen LogP contribution is -2.31. The summed E-state index contributed by atoms with van der Waals surface area (Å²) in [6, 6.07) is 9.80. The number of hydrogen-bond donors (Lipinski definition) is 0. The number of benzene rings is 2. The molecular weight excluding hydrogens is 360 g/mol. The second-order valence-corrected chi connectivity index (χ2v) is 7.12. The fraction of sp³-hybridized carbons (Fsp3) is 0.409. The minimum Gasteiger partial charge on any atom is -0.493 e. The summed E-state index contributed by atoms with van der Waals surface area (Å²) in [6.45, 7) is 0.446. The maximum Gasteiger partial charge on any atom is 0.310 e. The highest BCUT2D eigenvalue weighted by Gasteiger charge is 2.47. The van der Waals surface area contributed by atoms with Crippen LogP contribution in [0.15, 0.2) is 30.3 Å². The predicted molar refractivity (Wildman–Crippen MR) is 103 cm³/mol. The van der Waals surface area contributed by atoms with Crippen molar-refractivity contribution in [3.63, 3.8) is 0 Å². The van der Waals surface area contributed by atoms with Gasteiger partial charge in [0.05, 0.1) is 41.0 Å². The van der Waals surface area contributed by atoms with E-state index in [4.69, 9.17) is 23.7 Å². The summed E-state index contributed by atoms with van der Waals surface area (Å²) in [5.41, 5.74) is 3.20. The Balaban J connectivity index is 1.90. The standard InChI is InChI=1S/C22H24O6/c1-24-16-6-5-12(8-17(16)25-2)20-15-10-19(27-4)18(26-3)9-13(15)7-14-11-28-22(23)21(14)20/h5-6,8-10,14,20-21H,7,11H2,1-4H3/t14-,20-,21+/m0/s1. The topological polar surface area (TPSA) is 63.2 Å². The molecule has 2 aromatic rings. The van der Waals surface area contributed by atoms with Gasteiger partial charge >= 0.3 is 5.97 Å². The van der Waals surface area contributed by atoms with Gasteiger partial charge in [-0.2, -0.15) is 0 Å². The van der Waals surface area contributed by atoms with Crippen LogP contribution in [0.25, 0.3) is 0 Å². The van der Waals surface area contributed by atoms with Crippen LogP contribution in [-0.2, 0) is 16.0 Å². The SMILES string of the molecule is COc1ccc([C@H]2c3cc(OC)c(OC)cc3C[C@H]3COC(=O)[C@H]32)cc1OC. The maximum atomic E-state index is 12.6. The summed E-state index contributed by atoms with van der Waals surface area (Å²) in [5, 5.41) is 0. The van der Waals surface area contributed by atoms with Gasteiger partial charge in [-0.3, -0.25) is 4.79 Å². The average molecular weight is 384 g/mol. The minimum absolute atomic E-state index is 0.135. The normalized spacial score (nSPS) is 22.7. The highest BCUT2D eigenvalue weighted by molar-refractivity contribution is 5.78. The molecule has 0 amide bonds. The molecule has 6 nitrogen and oxygen atoms in total. The van der Waals surface area contributed by atoms with E-state index in [9.17, 15) is 4.79 Å². The van der Waals surface area contributed by atoms with Crippen LogP contribution in [0.2, 0.25) is 0 Å². The fourth-order valence-corrected chi connectivity index (χ4v) is 4.49. The molecular formula is C22H24O6. The molecule has 0 unspecified atom stereocenters. The van der Waals surface area contributed by atoms with E-state index in [2.05, 4.69) is 0 Å². The van der Waals surface area contributed by atoms with Gasteiger partial charge in [0.1, 0.15) is 0 Å². The van der Waals surface area contributed by atoms with Crippen LogP contribution in [0, 0.1) is 11.8 Å². The van der Waals surface area contributed by atoms with Crippen LogP contribution in [-0.4, -0.2) is 41.0 Å². The first-order valence-electron chi connectivity index (χ1n) is 9.24. The largest absolute Gasteiger partial charge is 0.493 e. The zero-order valence-electron chi connectivity index (χ0n) is 16.5. The first-order chi connectivity index (χ1) is 13.6. The van der Waals surface area contributed by atoms with Gasteiger partial charge in [0.15, 0.2) is 23.0 Å². The molecule has 1 saturated heterocycles. The Hall–Kier alpha value is -2.89. The van der Waals surface area contributed by atoms with E-state index >= 15 is 0 Å². The molecule has 0 N–H and O–H groups in total. The van der Waals surface area contributed by atoms with Gasteiger partial charge in [-0.1, -0.05) is 6.07 Å². The van der Waals surface area contributed by atoms with Crippen molar-refractivity contribution in [1.29, 1.82) is 0 Å². The molecule has 28 heavy (non-hydrogen) atoms. The van der Waals surface area contributed by atoms with Gasteiger partial charge in [-0.05, 0) is 47.4 Å². The highest BCUT2D eigenvalue weighted by atomic mass is 16.5. The van der Waals surface area contributed by atoms with Gasteiger partial charge in [0.2, 0.25) is 0 Å². The van der Waals surface area contributed by atoms with E-state index in [0.717, 1.165) is 23.1 Å². The number of esters is 1. The molecule has 2 aliphatic rings. The average Bonchev–Trinajstić information content (AvgIpc) is 3.10. The zero-order chi connectivity index (χ0) is 19.8. The Kier molecular flexibility index (Phi) is 4.79. The number of carbonyl (C=O) groups is 1. The number of carbonyl (C=O) groups excluding carboxylic acids is 1. The lowest BCUT2D eigenvalue weighted by molar-refractivity contribution is -0.141. The lowest BCUT2D eigenvalue weighted by Gasteiger charge is -2.34. The Labute approximate surface area is 164 Å². The van der Waals surface area contributed by atoms with Gasteiger partial charge in [-0.15, -0.1) is 0 Å². The van der Waals surface area contributed by atoms with Crippen LogP contribution in [0.3, 0.4) is 0 Å². The Bertz CT molecular complexity index is 906. The van der Waals surface area contributed by atoms with Crippen molar-refractivity contribution in [1.82, 2.24) is 0 Å². The van der Waals surface area contributed by atoms with Crippen molar-refractivity contribution in [3.8, 4) is 23.0 Å². The third-order valence-electron chi connectivity index (χ3n) is 5.81. The van der Waals surface area contributed by atoms with Crippen molar-refractivity contribution in [2.75, 3.05) is 35.0 Å². The first-order valence-corrected chi connectivity index (χ1v) is 9.24. The summed E-state index contributed by atoms with van der Waals surface area (Å²) in [4.78, 5) is 12.6. The monoisotopic (exact) mass is 384 g/mol. The number of rotatable bonds is 5. The number of methoxy groups -OCH3 is 4. The number of ether oxygens (including phenoxy) is 5. The van der Waals surface area contributed by atoms with Gasteiger partial charge in [0, 0.05) is 11.8 Å². The molecule has 1 fully saturated rings. The molecule has 3 atom stereocenters. The third-order valence-corrected chi connectivity index (χ3v) is 5.81. The molecule has 0 spiro atoms. The fourth-order valence-electron chi connectivity index (χ4n) is 4.49. The summed E-state index contributed by atoms with van der Waals surface area (Å²) >= 11 is 0. The Morgan fingerprint density at radius 2 is 1.50 bits per heavy atom. The second-order valence-electron chi connectivity index (χ2n) is 7.12. The third kappa shape index (κ3) is 2.84. The van der Waals surface area contributed by atoms with Crippen molar-refractivity contribution >= 4 is 5.97 Å². The van der Waals surface area contributed by atoms with E-state index < -0.39 is 0 Å². The highest BCUT2D eigenvalue weighted by Crippen LogP contribution is 2.50. The molecule has 0 saturated carbocycles. The number of hydrogen-bond acceptors (Lipinski definition) is 6. The Morgan fingerprint density at radius 3 is 2.18 bits per heavy atom. The summed E-state index contributed by atoms with van der Waals surface area (Å²) in [7, 11) is 6.46. The maximum absolute atomic E-state index is 12.6. The number of fused-ring (bicyclic) bond motifs is 2. The molecule has 1 aliphatic carbocycles. The molecule has 4 rings (SSSR count). The van der Waals surface area contributed by atoms with Crippen molar-refractivity contribution in [2.45, 2.75) is 12.3 Å². The molecule has 1 heterocycles. The first kappa shape index (κ1) is 18.5. The van der Waals surface area contributed by atoms with Crippen molar-refractivity contribution < 1.29 is 28.5 Å². The van der Waals surface area contributed by atoms with Crippen LogP contribution in [0.5, 0.6) is 23.0 Å². The quantitative estimate of drug-likeness (QED) is 0.738. The number of cyclic esters (lactones) is 1. The molecule has 0 aromatic heterocycles. The lowest BCUT2D eigenvalue weighted by atomic mass is 9.67. The Morgan fingerprint density at radius 1 is 0.857 bits per heavy atom. The van der Waals surface area contributed by atoms with Gasteiger partial charge in [-0.25, -0.2) is 0 Å². The summed E-state index contributed by atoms with van der Waals surface area (Å²) < 4.78 is 27.3. The van der Waals surface area contributed by atoms with Crippen molar-refractivity contribution in [2.24, 2.45) is 11.8 Å². The predicted octanol–water partition coefficient (Wildman–Crippen LogP) is 3.20. The summed E-state index contributed by atoms with van der Waals surface area (Å²) in [6.07, 6.45) is 0.774. The molecule has 1 aliphatic heterocycles. The molecule has 0 bridgehead atoms. The second kappa shape index (κ2) is 7.26.